The Balaban J connectivity index is 2.27. The highest BCUT2D eigenvalue weighted by Gasteiger charge is 2.17. The number of hydrogen-bond acceptors (Lipinski definition) is 4. The topological polar surface area (TPSA) is 58.9 Å². The summed E-state index contributed by atoms with van der Waals surface area (Å²) in [6.07, 6.45) is 1.20. The van der Waals surface area contributed by atoms with Crippen molar-refractivity contribution in [1.82, 2.24) is 15.0 Å². The van der Waals surface area contributed by atoms with Crippen LogP contribution >= 0.6 is 23.2 Å². The number of rotatable bonds is 4. The zero-order valence-electron chi connectivity index (χ0n) is 14.6. The lowest BCUT2D eigenvalue weighted by Gasteiger charge is -2.15. The van der Waals surface area contributed by atoms with Crippen molar-refractivity contribution in [2.24, 2.45) is 0 Å². The number of nitrogens with zero attached hydrogens (tertiary/aromatic N) is 3. The van der Waals surface area contributed by atoms with Gasteiger partial charge in [-0.25, -0.2) is 19.3 Å². The second-order valence-corrected chi connectivity index (χ2v) is 7.35. The standard InChI is InChI=1S/C19H18Cl2FN3O/c1-9(2)13-7-12(4-10(3)26)24-18-14(13)5-11(6-16(18)22)17-15(20)8-23-19(21)25-17/h5-10,26H,4H2,1-3H3. The van der Waals surface area contributed by atoms with E-state index in [0.29, 0.717) is 28.8 Å². The van der Waals surface area contributed by atoms with Crippen molar-refractivity contribution in [3.05, 3.63) is 51.8 Å². The van der Waals surface area contributed by atoms with Gasteiger partial charge in [0.25, 0.3) is 0 Å². The average Bonchev–Trinajstić information content (AvgIpc) is 2.56. The third-order valence-electron chi connectivity index (χ3n) is 4.07. The number of aliphatic hydroxyl groups excluding tert-OH is 1. The van der Waals surface area contributed by atoms with Gasteiger partial charge in [0.2, 0.25) is 5.28 Å². The van der Waals surface area contributed by atoms with Gasteiger partial charge in [-0.05, 0) is 48.2 Å². The molecule has 0 saturated heterocycles. The lowest BCUT2D eigenvalue weighted by Crippen LogP contribution is -2.08. The molecule has 1 N–H and O–H groups in total. The molecule has 2 heterocycles. The molecule has 1 atom stereocenters. The number of halogens is 3. The van der Waals surface area contributed by atoms with Crippen LogP contribution in [0.25, 0.3) is 22.2 Å². The number of aliphatic hydroxyl groups is 1. The molecule has 0 spiro atoms. The van der Waals surface area contributed by atoms with E-state index in [9.17, 15) is 9.50 Å². The normalized spacial score (nSPS) is 12.8. The van der Waals surface area contributed by atoms with E-state index in [-0.39, 0.29) is 21.7 Å². The van der Waals surface area contributed by atoms with Crippen LogP contribution in [-0.4, -0.2) is 26.2 Å². The van der Waals surface area contributed by atoms with Crippen molar-refractivity contribution in [3.63, 3.8) is 0 Å². The van der Waals surface area contributed by atoms with Gasteiger partial charge in [-0.15, -0.1) is 0 Å². The summed E-state index contributed by atoms with van der Waals surface area (Å²) >= 11 is 12.0. The predicted molar refractivity (Wildman–Crippen MR) is 102 cm³/mol. The first-order valence-electron chi connectivity index (χ1n) is 8.25. The fraction of sp³-hybridized carbons (Fsp3) is 0.316. The molecule has 3 rings (SSSR count). The van der Waals surface area contributed by atoms with Crippen LogP contribution in [0.15, 0.2) is 24.4 Å². The molecule has 0 fully saturated rings. The molecule has 0 aliphatic carbocycles. The minimum absolute atomic E-state index is 0.0411. The van der Waals surface area contributed by atoms with Gasteiger partial charge in [0, 0.05) is 23.1 Å². The molecule has 0 amide bonds. The van der Waals surface area contributed by atoms with Crippen LogP contribution in [0.5, 0.6) is 0 Å². The molecule has 1 unspecified atom stereocenters. The van der Waals surface area contributed by atoms with Gasteiger partial charge in [0.1, 0.15) is 11.3 Å². The van der Waals surface area contributed by atoms with Crippen LogP contribution < -0.4 is 0 Å². The average molecular weight is 394 g/mol. The van der Waals surface area contributed by atoms with Gasteiger partial charge >= 0.3 is 0 Å². The van der Waals surface area contributed by atoms with E-state index in [1.165, 1.54) is 12.3 Å². The lowest BCUT2D eigenvalue weighted by molar-refractivity contribution is 0.194. The van der Waals surface area contributed by atoms with Crippen LogP contribution in [0.1, 0.15) is 37.9 Å². The Bertz CT molecular complexity index is 977. The molecule has 0 radical (unpaired) electrons. The summed E-state index contributed by atoms with van der Waals surface area (Å²) in [6, 6.07) is 5.07. The first-order valence-corrected chi connectivity index (χ1v) is 9.01. The molecule has 0 aliphatic heterocycles. The summed E-state index contributed by atoms with van der Waals surface area (Å²) in [4.78, 5) is 12.4. The second kappa shape index (κ2) is 7.43. The van der Waals surface area contributed by atoms with Gasteiger partial charge in [0.05, 0.1) is 23.0 Å². The smallest absolute Gasteiger partial charge is 0.222 e. The quantitative estimate of drug-likeness (QED) is 0.619. The third kappa shape index (κ3) is 3.80. The van der Waals surface area contributed by atoms with E-state index in [0.717, 1.165) is 5.56 Å². The molecule has 0 aliphatic rings. The van der Waals surface area contributed by atoms with Crippen LogP contribution in [0.2, 0.25) is 10.3 Å². The third-order valence-corrected chi connectivity index (χ3v) is 4.53. The number of aromatic nitrogens is 3. The molecular formula is C19H18Cl2FN3O. The maximum atomic E-state index is 14.9. The largest absolute Gasteiger partial charge is 0.393 e. The minimum Gasteiger partial charge on any atom is -0.393 e. The summed E-state index contributed by atoms with van der Waals surface area (Å²) in [6.45, 7) is 5.74. The summed E-state index contributed by atoms with van der Waals surface area (Å²) in [5, 5.41) is 10.7. The lowest BCUT2D eigenvalue weighted by atomic mass is 9.95. The van der Waals surface area contributed by atoms with Gasteiger partial charge in [-0.2, -0.15) is 0 Å². The highest BCUT2D eigenvalue weighted by molar-refractivity contribution is 6.33. The van der Waals surface area contributed by atoms with Crippen LogP contribution in [-0.2, 0) is 6.42 Å². The Hall–Kier alpha value is -1.82. The Morgan fingerprint density at radius 2 is 1.85 bits per heavy atom. The molecular weight excluding hydrogens is 376 g/mol. The fourth-order valence-electron chi connectivity index (χ4n) is 2.94. The van der Waals surface area contributed by atoms with Crippen molar-refractivity contribution in [2.45, 2.75) is 39.2 Å². The maximum absolute atomic E-state index is 14.9. The van der Waals surface area contributed by atoms with E-state index in [4.69, 9.17) is 23.2 Å². The van der Waals surface area contributed by atoms with E-state index in [2.05, 4.69) is 15.0 Å². The van der Waals surface area contributed by atoms with Gasteiger partial charge < -0.3 is 5.11 Å². The van der Waals surface area contributed by atoms with Gasteiger partial charge in [-0.1, -0.05) is 25.4 Å². The van der Waals surface area contributed by atoms with Crippen LogP contribution in [0, 0.1) is 5.82 Å². The SMILES string of the molecule is CC(O)Cc1cc(C(C)C)c2cc(-c3nc(Cl)ncc3Cl)cc(F)c2n1. The summed E-state index contributed by atoms with van der Waals surface area (Å²) < 4.78 is 14.9. The van der Waals surface area contributed by atoms with Crippen molar-refractivity contribution >= 4 is 34.1 Å². The summed E-state index contributed by atoms with van der Waals surface area (Å²) in [7, 11) is 0. The predicted octanol–water partition coefficient (Wildman–Crippen LogP) is 5.18. The zero-order valence-corrected chi connectivity index (χ0v) is 16.1. The van der Waals surface area contributed by atoms with Crippen LogP contribution in [0.4, 0.5) is 4.39 Å². The maximum Gasteiger partial charge on any atom is 0.222 e. The van der Waals surface area contributed by atoms with E-state index in [1.54, 1.807) is 6.92 Å². The molecule has 0 bridgehead atoms. The Morgan fingerprint density at radius 1 is 1.12 bits per heavy atom. The zero-order chi connectivity index (χ0) is 19.0. The molecule has 3 aromatic rings. The molecule has 4 nitrogen and oxygen atoms in total. The van der Waals surface area contributed by atoms with Crippen molar-refractivity contribution in [2.75, 3.05) is 0 Å². The number of fused-ring (bicyclic) bond motifs is 1. The van der Waals surface area contributed by atoms with Gasteiger partial charge in [0.15, 0.2) is 0 Å². The first-order chi connectivity index (χ1) is 12.3. The Labute approximate surface area is 161 Å². The molecule has 7 heteroatoms. The van der Waals surface area contributed by atoms with Crippen molar-refractivity contribution in [3.8, 4) is 11.3 Å². The number of hydrogen-bond donors (Lipinski definition) is 1. The van der Waals surface area contributed by atoms with E-state index < -0.39 is 11.9 Å². The summed E-state index contributed by atoms with van der Waals surface area (Å²) in [5.74, 6) is -0.329. The van der Waals surface area contributed by atoms with E-state index >= 15 is 0 Å². The monoisotopic (exact) mass is 393 g/mol. The van der Waals surface area contributed by atoms with Crippen LogP contribution in [0.3, 0.4) is 0 Å². The first kappa shape index (κ1) is 19.0. The number of pyridine rings is 1. The molecule has 2 aromatic heterocycles. The van der Waals surface area contributed by atoms with Crippen molar-refractivity contribution in [1.29, 1.82) is 0 Å². The number of benzene rings is 1. The van der Waals surface area contributed by atoms with E-state index in [1.807, 2.05) is 26.0 Å². The Kier molecular flexibility index (Phi) is 5.42. The fourth-order valence-corrected chi connectivity index (χ4v) is 3.27. The molecule has 0 saturated carbocycles. The summed E-state index contributed by atoms with van der Waals surface area (Å²) in [5.41, 5.74) is 2.76. The minimum atomic E-state index is -0.552. The Morgan fingerprint density at radius 3 is 2.50 bits per heavy atom. The molecule has 26 heavy (non-hydrogen) atoms. The van der Waals surface area contributed by atoms with Crippen molar-refractivity contribution < 1.29 is 9.50 Å². The highest BCUT2D eigenvalue weighted by atomic mass is 35.5. The van der Waals surface area contributed by atoms with Gasteiger partial charge in [-0.3, -0.25) is 0 Å². The highest BCUT2D eigenvalue weighted by Crippen LogP contribution is 2.34. The molecule has 1 aromatic carbocycles. The molecule has 136 valence electrons. The second-order valence-electron chi connectivity index (χ2n) is 6.60.